The monoisotopic (exact) mass is 186 g/mol. The molecule has 70 valence electrons. The number of rotatable bonds is 1. The van der Waals surface area contributed by atoms with Crippen molar-refractivity contribution in [2.75, 3.05) is 0 Å². The van der Waals surface area contributed by atoms with Crippen LogP contribution in [0.1, 0.15) is 5.56 Å². The van der Waals surface area contributed by atoms with Gasteiger partial charge in [0.15, 0.2) is 13.4 Å². The van der Waals surface area contributed by atoms with Gasteiger partial charge in [0, 0.05) is 5.10 Å². The Kier molecular flexibility index (Phi) is 2.23. The maximum atomic E-state index is 4.10. The smallest absolute Gasteiger partial charge is 0.232 e. The first kappa shape index (κ1) is 8.81. The summed E-state index contributed by atoms with van der Waals surface area (Å²) in [6.45, 7) is 2.09. The molecule has 2 aromatic rings. The Morgan fingerprint density at radius 1 is 1.21 bits per heavy atom. The lowest BCUT2D eigenvalue weighted by atomic mass is 10.1. The summed E-state index contributed by atoms with van der Waals surface area (Å²) >= 11 is 0. The molecule has 2 rings (SSSR count). The van der Waals surface area contributed by atoms with Gasteiger partial charge in [0.1, 0.15) is 6.20 Å². The molecular weight excluding hydrogens is 174 g/mol. The number of benzene rings is 1. The molecular formula is C11H12N3+. The van der Waals surface area contributed by atoms with Crippen LogP contribution in [0.2, 0.25) is 0 Å². The molecule has 0 aliphatic heterocycles. The molecule has 0 aliphatic rings. The van der Waals surface area contributed by atoms with E-state index in [0.717, 1.165) is 5.69 Å². The van der Waals surface area contributed by atoms with Gasteiger partial charge in [-0.2, -0.15) is 0 Å². The standard InChI is InChI=1S/C11H12N3/c1-9-5-3-4-6-10(9)11-7-12-8-13-14(11)2/h3-8H,1-2H3/q+1. The normalized spacial score (nSPS) is 10.1. The third-order valence-corrected chi connectivity index (χ3v) is 2.26. The van der Waals surface area contributed by atoms with E-state index in [4.69, 9.17) is 0 Å². The first-order chi connectivity index (χ1) is 6.79. The van der Waals surface area contributed by atoms with E-state index in [1.165, 1.54) is 11.1 Å². The van der Waals surface area contributed by atoms with Crippen LogP contribution in [0, 0.1) is 6.92 Å². The highest BCUT2D eigenvalue weighted by atomic mass is 15.3. The number of nitrogens with zero attached hydrogens (tertiary/aromatic N) is 3. The van der Waals surface area contributed by atoms with Crippen LogP contribution < -0.4 is 4.68 Å². The Morgan fingerprint density at radius 3 is 2.71 bits per heavy atom. The van der Waals surface area contributed by atoms with Gasteiger partial charge in [-0.1, -0.05) is 22.9 Å². The highest BCUT2D eigenvalue weighted by molar-refractivity contribution is 5.59. The van der Waals surface area contributed by atoms with E-state index in [1.54, 1.807) is 6.33 Å². The molecule has 0 amide bonds. The van der Waals surface area contributed by atoms with E-state index < -0.39 is 0 Å². The van der Waals surface area contributed by atoms with Crippen LogP contribution in [-0.4, -0.2) is 10.1 Å². The van der Waals surface area contributed by atoms with Crippen molar-refractivity contribution in [3.63, 3.8) is 0 Å². The summed E-state index contributed by atoms with van der Waals surface area (Å²) in [7, 11) is 1.92. The average molecular weight is 186 g/mol. The van der Waals surface area contributed by atoms with Crippen molar-refractivity contribution in [2.45, 2.75) is 6.92 Å². The van der Waals surface area contributed by atoms with Crippen molar-refractivity contribution in [3.05, 3.63) is 42.4 Å². The summed E-state index contributed by atoms with van der Waals surface area (Å²) in [6, 6.07) is 8.22. The summed E-state index contributed by atoms with van der Waals surface area (Å²) < 4.78 is 1.83. The average Bonchev–Trinajstić information content (AvgIpc) is 2.20. The van der Waals surface area contributed by atoms with E-state index in [1.807, 2.05) is 30.1 Å². The van der Waals surface area contributed by atoms with Crippen molar-refractivity contribution in [1.82, 2.24) is 10.1 Å². The van der Waals surface area contributed by atoms with Gasteiger partial charge in [0.25, 0.3) is 5.69 Å². The predicted octanol–water partition coefficient (Wildman–Crippen LogP) is 1.28. The third-order valence-electron chi connectivity index (χ3n) is 2.26. The molecule has 3 nitrogen and oxygen atoms in total. The van der Waals surface area contributed by atoms with E-state index in [0.29, 0.717) is 0 Å². The topological polar surface area (TPSA) is 29.7 Å². The molecule has 0 spiro atoms. The summed E-state index contributed by atoms with van der Waals surface area (Å²) in [5, 5.41) is 4.10. The maximum Gasteiger partial charge on any atom is 0.257 e. The summed E-state index contributed by atoms with van der Waals surface area (Å²) in [6.07, 6.45) is 3.37. The minimum absolute atomic E-state index is 1.03. The molecule has 0 unspecified atom stereocenters. The molecule has 14 heavy (non-hydrogen) atoms. The van der Waals surface area contributed by atoms with Crippen molar-refractivity contribution < 1.29 is 4.68 Å². The zero-order valence-electron chi connectivity index (χ0n) is 8.31. The van der Waals surface area contributed by atoms with Gasteiger partial charge in [0.05, 0.1) is 5.56 Å². The molecule has 0 aliphatic carbocycles. The van der Waals surface area contributed by atoms with Crippen LogP contribution in [0.4, 0.5) is 0 Å². The van der Waals surface area contributed by atoms with Crippen LogP contribution in [0.15, 0.2) is 36.8 Å². The Balaban J connectivity index is 2.61. The van der Waals surface area contributed by atoms with Gasteiger partial charge < -0.3 is 0 Å². The number of hydrogen-bond donors (Lipinski definition) is 0. The molecule has 0 saturated heterocycles. The van der Waals surface area contributed by atoms with Gasteiger partial charge in [0.2, 0.25) is 0 Å². The number of aryl methyl sites for hydroxylation is 2. The first-order valence-electron chi connectivity index (χ1n) is 4.51. The van der Waals surface area contributed by atoms with E-state index in [-0.39, 0.29) is 0 Å². The SMILES string of the molecule is Cc1ccccc1-c1cncn[n+]1C. The van der Waals surface area contributed by atoms with Crippen molar-refractivity contribution >= 4 is 0 Å². The molecule has 0 N–H and O–H groups in total. The van der Waals surface area contributed by atoms with Gasteiger partial charge in [-0.25, -0.2) is 4.98 Å². The Bertz CT molecular complexity index is 408. The Labute approximate surface area is 83.1 Å². The van der Waals surface area contributed by atoms with E-state index in [9.17, 15) is 0 Å². The predicted molar refractivity (Wildman–Crippen MR) is 53.4 cm³/mol. The van der Waals surface area contributed by atoms with Gasteiger partial charge in [-0.15, -0.1) is 0 Å². The molecule has 1 aromatic carbocycles. The fourth-order valence-corrected chi connectivity index (χ4v) is 1.46. The summed E-state index contributed by atoms with van der Waals surface area (Å²) in [4.78, 5) is 4.03. The highest BCUT2D eigenvalue weighted by Gasteiger charge is 2.11. The fourth-order valence-electron chi connectivity index (χ4n) is 1.46. The third kappa shape index (κ3) is 1.48. The summed E-state index contributed by atoms with van der Waals surface area (Å²) in [5.74, 6) is 0. The van der Waals surface area contributed by atoms with Gasteiger partial charge in [-0.05, 0) is 18.6 Å². The van der Waals surface area contributed by atoms with Crippen molar-refractivity contribution in [1.29, 1.82) is 0 Å². The first-order valence-corrected chi connectivity index (χ1v) is 4.51. The van der Waals surface area contributed by atoms with Crippen LogP contribution in [0.5, 0.6) is 0 Å². The largest absolute Gasteiger partial charge is 0.257 e. The Morgan fingerprint density at radius 2 is 2.00 bits per heavy atom. The van der Waals surface area contributed by atoms with Crippen molar-refractivity contribution in [2.24, 2.45) is 7.05 Å². The van der Waals surface area contributed by atoms with Crippen molar-refractivity contribution in [3.8, 4) is 11.3 Å². The number of aromatic nitrogens is 3. The van der Waals surface area contributed by atoms with Gasteiger partial charge >= 0.3 is 0 Å². The highest BCUT2D eigenvalue weighted by Crippen LogP contribution is 2.17. The van der Waals surface area contributed by atoms with E-state index >= 15 is 0 Å². The maximum absolute atomic E-state index is 4.10. The van der Waals surface area contributed by atoms with E-state index in [2.05, 4.69) is 29.1 Å². The zero-order chi connectivity index (χ0) is 9.97. The van der Waals surface area contributed by atoms with Crippen LogP contribution in [0.3, 0.4) is 0 Å². The Hall–Kier alpha value is -1.77. The lowest BCUT2D eigenvalue weighted by molar-refractivity contribution is -0.721. The second-order valence-corrected chi connectivity index (χ2v) is 3.23. The molecule has 0 saturated carbocycles. The van der Waals surface area contributed by atoms with Crippen LogP contribution in [-0.2, 0) is 7.05 Å². The van der Waals surface area contributed by atoms with Crippen LogP contribution in [0.25, 0.3) is 11.3 Å². The van der Waals surface area contributed by atoms with Gasteiger partial charge in [-0.3, -0.25) is 0 Å². The molecule has 0 radical (unpaired) electrons. The lowest BCUT2D eigenvalue weighted by Crippen LogP contribution is -2.35. The lowest BCUT2D eigenvalue weighted by Gasteiger charge is -2.00. The fraction of sp³-hybridized carbons (Fsp3) is 0.182. The molecule has 0 atom stereocenters. The van der Waals surface area contributed by atoms with Crippen LogP contribution >= 0.6 is 0 Å². The molecule has 0 bridgehead atoms. The minimum Gasteiger partial charge on any atom is -0.232 e. The second kappa shape index (κ2) is 3.54. The molecule has 0 fully saturated rings. The molecule has 1 aromatic heterocycles. The summed E-state index contributed by atoms with van der Waals surface area (Å²) in [5.41, 5.74) is 3.44. The molecule has 3 heteroatoms. The molecule has 1 heterocycles. The number of hydrogen-bond acceptors (Lipinski definition) is 2. The zero-order valence-corrected chi connectivity index (χ0v) is 8.31. The quantitative estimate of drug-likeness (QED) is 0.628. The minimum atomic E-state index is 1.03. The second-order valence-electron chi connectivity index (χ2n) is 3.23.